The lowest BCUT2D eigenvalue weighted by molar-refractivity contribution is -0.136. The molecule has 1 aliphatic rings. The summed E-state index contributed by atoms with van der Waals surface area (Å²) in [5, 5.41) is 11.3. The molecule has 1 atom stereocenters. The molecule has 100 valence electrons. The topological polar surface area (TPSA) is 86.3 Å². The third-order valence-corrected chi connectivity index (χ3v) is 3.06. The van der Waals surface area contributed by atoms with Gasteiger partial charge in [-0.2, -0.15) is 5.26 Å². The van der Waals surface area contributed by atoms with E-state index in [1.165, 1.54) is 0 Å². The van der Waals surface area contributed by atoms with Gasteiger partial charge in [-0.3, -0.25) is 9.59 Å². The van der Waals surface area contributed by atoms with Gasteiger partial charge in [0.2, 0.25) is 11.8 Å². The van der Waals surface area contributed by atoms with Crippen LogP contribution >= 0.6 is 0 Å². The van der Waals surface area contributed by atoms with E-state index in [0.717, 1.165) is 0 Å². The molecule has 1 unspecified atom stereocenters. The fourth-order valence-corrected chi connectivity index (χ4v) is 2.08. The highest BCUT2D eigenvalue weighted by Crippen LogP contribution is 2.15. The van der Waals surface area contributed by atoms with E-state index in [1.54, 1.807) is 23.3 Å². The Morgan fingerprint density at radius 1 is 1.63 bits per heavy atom. The average Bonchev–Trinajstić information content (AvgIpc) is 3.05. The van der Waals surface area contributed by atoms with Crippen molar-refractivity contribution in [1.29, 1.82) is 5.26 Å². The summed E-state index contributed by atoms with van der Waals surface area (Å²) < 4.78 is 5.22. The molecule has 0 bridgehead atoms. The van der Waals surface area contributed by atoms with E-state index < -0.39 is 0 Å². The first kappa shape index (κ1) is 13.1. The van der Waals surface area contributed by atoms with Crippen molar-refractivity contribution in [2.75, 3.05) is 13.1 Å². The van der Waals surface area contributed by atoms with Gasteiger partial charge in [0.15, 0.2) is 0 Å². The molecule has 1 aliphatic heterocycles. The summed E-state index contributed by atoms with van der Waals surface area (Å²) in [5.74, 6) is 0.131. The zero-order valence-electron chi connectivity index (χ0n) is 10.5. The molecule has 6 nitrogen and oxygen atoms in total. The maximum absolute atomic E-state index is 12.3. The van der Waals surface area contributed by atoms with E-state index in [-0.39, 0.29) is 30.6 Å². The number of amides is 2. The molecule has 1 aromatic rings. The molecule has 1 N–H and O–H groups in total. The van der Waals surface area contributed by atoms with E-state index in [4.69, 9.17) is 9.68 Å². The molecule has 2 amide bonds. The van der Waals surface area contributed by atoms with Crippen molar-refractivity contribution in [3.05, 3.63) is 24.2 Å². The van der Waals surface area contributed by atoms with Crippen molar-refractivity contribution >= 4 is 11.8 Å². The van der Waals surface area contributed by atoms with Crippen LogP contribution in [0, 0.1) is 17.2 Å². The van der Waals surface area contributed by atoms with Gasteiger partial charge in [0.1, 0.15) is 5.76 Å². The summed E-state index contributed by atoms with van der Waals surface area (Å²) >= 11 is 0. The van der Waals surface area contributed by atoms with Crippen LogP contribution < -0.4 is 5.32 Å². The van der Waals surface area contributed by atoms with Crippen LogP contribution in [0.5, 0.6) is 0 Å². The zero-order chi connectivity index (χ0) is 13.7. The standard InChI is InChI=1S/C13H15N3O3/c14-4-2-5-16(9-11-3-1-6-19-11)13(18)10-7-12(17)15-8-10/h1,3,6,10H,2,5,7-9H2,(H,15,17). The molecule has 0 radical (unpaired) electrons. The van der Waals surface area contributed by atoms with Gasteiger partial charge in [0.05, 0.1) is 31.2 Å². The first-order valence-corrected chi connectivity index (χ1v) is 6.15. The molecule has 0 saturated carbocycles. The summed E-state index contributed by atoms with van der Waals surface area (Å²) in [6.45, 7) is 1.05. The maximum atomic E-state index is 12.3. The molecule has 1 aromatic heterocycles. The SMILES string of the molecule is N#CCCN(Cc1ccco1)C(=O)C1CNC(=O)C1. The third-order valence-electron chi connectivity index (χ3n) is 3.06. The Bertz CT molecular complexity index is 490. The average molecular weight is 261 g/mol. The van der Waals surface area contributed by atoms with Crippen LogP contribution in [0.2, 0.25) is 0 Å². The summed E-state index contributed by atoms with van der Waals surface area (Å²) in [6.07, 6.45) is 2.03. The van der Waals surface area contributed by atoms with Crippen LogP contribution in [-0.2, 0) is 16.1 Å². The Labute approximate surface area is 111 Å². The Hall–Kier alpha value is -2.29. The Balaban J connectivity index is 2.02. The zero-order valence-corrected chi connectivity index (χ0v) is 10.5. The molecule has 1 saturated heterocycles. The number of carbonyl (C=O) groups excluding carboxylic acids is 2. The molecule has 2 rings (SSSR count). The smallest absolute Gasteiger partial charge is 0.228 e. The van der Waals surface area contributed by atoms with E-state index in [1.807, 2.05) is 6.07 Å². The number of hydrogen-bond acceptors (Lipinski definition) is 4. The summed E-state index contributed by atoms with van der Waals surface area (Å²) in [6, 6.07) is 5.56. The molecule has 0 spiro atoms. The number of nitrogens with one attached hydrogen (secondary N) is 1. The lowest BCUT2D eigenvalue weighted by Crippen LogP contribution is -2.37. The van der Waals surface area contributed by atoms with Crippen molar-refractivity contribution < 1.29 is 14.0 Å². The highest BCUT2D eigenvalue weighted by molar-refractivity contribution is 5.89. The largest absolute Gasteiger partial charge is 0.467 e. The number of furan rings is 1. The van der Waals surface area contributed by atoms with E-state index in [9.17, 15) is 9.59 Å². The Morgan fingerprint density at radius 2 is 2.47 bits per heavy atom. The first-order valence-electron chi connectivity index (χ1n) is 6.15. The highest BCUT2D eigenvalue weighted by Gasteiger charge is 2.31. The monoisotopic (exact) mass is 261 g/mol. The quantitative estimate of drug-likeness (QED) is 0.843. The van der Waals surface area contributed by atoms with Gasteiger partial charge >= 0.3 is 0 Å². The van der Waals surface area contributed by atoms with Gasteiger partial charge in [-0.05, 0) is 12.1 Å². The van der Waals surface area contributed by atoms with Crippen molar-refractivity contribution in [2.45, 2.75) is 19.4 Å². The second-order valence-electron chi connectivity index (χ2n) is 4.45. The molecule has 0 aliphatic carbocycles. The van der Waals surface area contributed by atoms with Gasteiger partial charge < -0.3 is 14.6 Å². The van der Waals surface area contributed by atoms with Crippen molar-refractivity contribution in [3.63, 3.8) is 0 Å². The lowest BCUT2D eigenvalue weighted by Gasteiger charge is -2.23. The maximum Gasteiger partial charge on any atom is 0.228 e. The third kappa shape index (κ3) is 3.35. The molecule has 1 fully saturated rings. The minimum absolute atomic E-state index is 0.100. The molecule has 19 heavy (non-hydrogen) atoms. The van der Waals surface area contributed by atoms with E-state index in [0.29, 0.717) is 25.4 Å². The van der Waals surface area contributed by atoms with E-state index >= 15 is 0 Å². The number of hydrogen-bond donors (Lipinski definition) is 1. The van der Waals surface area contributed by atoms with Crippen LogP contribution in [0.4, 0.5) is 0 Å². The van der Waals surface area contributed by atoms with Gasteiger partial charge in [0.25, 0.3) is 0 Å². The molecule has 0 aromatic carbocycles. The summed E-state index contributed by atoms with van der Waals surface area (Å²) in [7, 11) is 0. The minimum Gasteiger partial charge on any atom is -0.467 e. The summed E-state index contributed by atoms with van der Waals surface area (Å²) in [4.78, 5) is 25.0. The van der Waals surface area contributed by atoms with Crippen LogP contribution in [0.1, 0.15) is 18.6 Å². The van der Waals surface area contributed by atoms with Crippen molar-refractivity contribution in [2.24, 2.45) is 5.92 Å². The molecule has 6 heteroatoms. The fourth-order valence-electron chi connectivity index (χ4n) is 2.08. The second-order valence-corrected chi connectivity index (χ2v) is 4.45. The predicted molar refractivity (Wildman–Crippen MR) is 65.5 cm³/mol. The fraction of sp³-hybridized carbons (Fsp3) is 0.462. The van der Waals surface area contributed by atoms with Gasteiger partial charge in [0, 0.05) is 19.5 Å². The molecular weight excluding hydrogens is 246 g/mol. The number of nitriles is 1. The Morgan fingerprint density at radius 3 is 3.05 bits per heavy atom. The number of carbonyl (C=O) groups is 2. The van der Waals surface area contributed by atoms with Crippen LogP contribution in [0.15, 0.2) is 22.8 Å². The number of rotatable bonds is 5. The highest BCUT2D eigenvalue weighted by atomic mass is 16.3. The van der Waals surface area contributed by atoms with Gasteiger partial charge in [-0.25, -0.2) is 0 Å². The van der Waals surface area contributed by atoms with Crippen LogP contribution in [-0.4, -0.2) is 29.8 Å². The predicted octanol–water partition coefficient (Wildman–Crippen LogP) is 0.658. The van der Waals surface area contributed by atoms with Gasteiger partial charge in [-0.1, -0.05) is 0 Å². The van der Waals surface area contributed by atoms with Crippen molar-refractivity contribution in [1.82, 2.24) is 10.2 Å². The molecule has 2 heterocycles. The van der Waals surface area contributed by atoms with Gasteiger partial charge in [-0.15, -0.1) is 0 Å². The molecular formula is C13H15N3O3. The van der Waals surface area contributed by atoms with Crippen molar-refractivity contribution in [3.8, 4) is 6.07 Å². The summed E-state index contributed by atoms with van der Waals surface area (Å²) in [5.41, 5.74) is 0. The number of nitrogens with zero attached hydrogens (tertiary/aromatic N) is 2. The normalized spacial score (nSPS) is 17.8. The minimum atomic E-state index is -0.332. The van der Waals surface area contributed by atoms with Crippen LogP contribution in [0.25, 0.3) is 0 Å². The van der Waals surface area contributed by atoms with E-state index in [2.05, 4.69) is 5.32 Å². The Kier molecular flexibility index (Phi) is 4.18. The lowest BCUT2D eigenvalue weighted by atomic mass is 10.1. The second kappa shape index (κ2) is 6.05. The first-order chi connectivity index (χ1) is 9.20. The van der Waals surface area contributed by atoms with Crippen LogP contribution in [0.3, 0.4) is 0 Å².